The molecule has 0 atom stereocenters. The molecule has 1 amide bonds. The number of rotatable bonds is 2. The van der Waals surface area contributed by atoms with Crippen molar-refractivity contribution in [3.63, 3.8) is 0 Å². The average Bonchev–Trinajstić information content (AvgIpc) is 2.21. The zero-order valence-electron chi connectivity index (χ0n) is 10.1. The molecule has 0 radical (unpaired) electrons. The fourth-order valence-corrected chi connectivity index (χ4v) is 1.38. The van der Waals surface area contributed by atoms with Crippen molar-refractivity contribution in [2.45, 2.75) is 33.2 Å². The topological polar surface area (TPSA) is 52.9 Å². The van der Waals surface area contributed by atoms with Crippen LogP contribution in [0.5, 0.6) is 0 Å². The molecule has 1 N–H and O–H groups in total. The summed E-state index contributed by atoms with van der Waals surface area (Å²) in [4.78, 5) is 11.9. The molecule has 0 unspecified atom stereocenters. The number of nitrogens with zero attached hydrogens (tertiary/aromatic N) is 1. The number of carbonyl (C=O) groups is 1. The quantitative estimate of drug-likeness (QED) is 0.824. The Balaban J connectivity index is 2.99. The summed E-state index contributed by atoms with van der Waals surface area (Å²) in [6.45, 7) is 7.22. The molecule has 0 saturated carbocycles. The second-order valence-corrected chi connectivity index (χ2v) is 4.44. The Labute approximate surface area is 96.1 Å². The average molecular weight is 216 g/mol. The Morgan fingerprint density at radius 3 is 2.56 bits per heavy atom. The third kappa shape index (κ3) is 2.60. The Hall–Kier alpha value is -1.82. The number of amides is 1. The lowest BCUT2D eigenvalue weighted by molar-refractivity contribution is 0.0928. The molecule has 0 aliphatic heterocycles. The normalized spacial score (nSPS) is 10.7. The number of nitriles is 1. The van der Waals surface area contributed by atoms with Crippen molar-refractivity contribution in [1.29, 1.82) is 5.26 Å². The number of aryl methyl sites for hydroxylation is 1. The third-order valence-electron chi connectivity index (χ3n) is 2.55. The van der Waals surface area contributed by atoms with Crippen LogP contribution in [0.25, 0.3) is 0 Å². The van der Waals surface area contributed by atoms with E-state index >= 15 is 0 Å². The Kier molecular flexibility index (Phi) is 3.34. The van der Waals surface area contributed by atoms with E-state index in [2.05, 4.69) is 5.32 Å². The van der Waals surface area contributed by atoms with Crippen molar-refractivity contribution < 1.29 is 4.79 Å². The Morgan fingerprint density at radius 1 is 1.38 bits per heavy atom. The first-order valence-electron chi connectivity index (χ1n) is 5.17. The highest BCUT2D eigenvalue weighted by molar-refractivity contribution is 5.96. The predicted octanol–water partition coefficient (Wildman–Crippen LogP) is 2.34. The highest BCUT2D eigenvalue weighted by Gasteiger charge is 2.21. The van der Waals surface area contributed by atoms with E-state index in [1.54, 1.807) is 19.9 Å². The van der Waals surface area contributed by atoms with Gasteiger partial charge in [-0.05, 0) is 44.9 Å². The van der Waals surface area contributed by atoms with Gasteiger partial charge in [-0.2, -0.15) is 5.26 Å². The van der Waals surface area contributed by atoms with Gasteiger partial charge in [0, 0.05) is 5.56 Å². The minimum atomic E-state index is -0.840. The van der Waals surface area contributed by atoms with Gasteiger partial charge in [0.05, 0.1) is 6.07 Å². The summed E-state index contributed by atoms with van der Waals surface area (Å²) < 4.78 is 0. The van der Waals surface area contributed by atoms with E-state index < -0.39 is 5.54 Å². The monoisotopic (exact) mass is 216 g/mol. The summed E-state index contributed by atoms with van der Waals surface area (Å²) in [5, 5.41) is 11.5. The first-order chi connectivity index (χ1) is 7.37. The van der Waals surface area contributed by atoms with Gasteiger partial charge in [0.1, 0.15) is 5.54 Å². The van der Waals surface area contributed by atoms with Crippen LogP contribution in [-0.4, -0.2) is 11.4 Å². The molecule has 0 saturated heterocycles. The first kappa shape index (κ1) is 12.3. The molecule has 0 heterocycles. The predicted molar refractivity (Wildman–Crippen MR) is 63.1 cm³/mol. The Morgan fingerprint density at radius 2 is 2.00 bits per heavy atom. The molecule has 3 nitrogen and oxygen atoms in total. The van der Waals surface area contributed by atoms with Gasteiger partial charge >= 0.3 is 0 Å². The molecule has 0 fully saturated rings. The van der Waals surface area contributed by atoms with Gasteiger partial charge in [-0.25, -0.2) is 0 Å². The minimum Gasteiger partial charge on any atom is -0.334 e. The number of hydrogen-bond acceptors (Lipinski definition) is 2. The molecular formula is C13H16N2O. The second-order valence-electron chi connectivity index (χ2n) is 4.44. The highest BCUT2D eigenvalue weighted by Crippen LogP contribution is 2.13. The largest absolute Gasteiger partial charge is 0.334 e. The molecule has 1 aromatic carbocycles. The molecule has 0 spiro atoms. The van der Waals surface area contributed by atoms with Gasteiger partial charge < -0.3 is 5.32 Å². The van der Waals surface area contributed by atoms with Gasteiger partial charge in [0.15, 0.2) is 0 Å². The number of carbonyl (C=O) groups excluding carboxylic acids is 1. The molecule has 0 bridgehead atoms. The van der Waals surface area contributed by atoms with E-state index in [1.165, 1.54) is 0 Å². The molecule has 3 heteroatoms. The molecule has 0 aromatic heterocycles. The minimum absolute atomic E-state index is 0.201. The van der Waals surface area contributed by atoms with Crippen LogP contribution in [0.15, 0.2) is 18.2 Å². The van der Waals surface area contributed by atoms with Gasteiger partial charge in [-0.3, -0.25) is 4.79 Å². The van der Waals surface area contributed by atoms with Crippen molar-refractivity contribution in [3.05, 3.63) is 34.9 Å². The van der Waals surface area contributed by atoms with Crippen molar-refractivity contribution in [2.24, 2.45) is 0 Å². The maximum Gasteiger partial charge on any atom is 0.252 e. The van der Waals surface area contributed by atoms with Crippen molar-refractivity contribution in [2.75, 3.05) is 0 Å². The number of hydrogen-bond donors (Lipinski definition) is 1. The van der Waals surface area contributed by atoms with Gasteiger partial charge in [0.2, 0.25) is 0 Å². The van der Waals surface area contributed by atoms with Crippen LogP contribution in [0.1, 0.15) is 35.3 Å². The summed E-state index contributed by atoms with van der Waals surface area (Å²) in [7, 11) is 0. The maximum absolute atomic E-state index is 11.9. The van der Waals surface area contributed by atoms with Crippen LogP contribution in [-0.2, 0) is 0 Å². The molecule has 1 rings (SSSR count). The molecule has 1 aromatic rings. The number of benzene rings is 1. The van der Waals surface area contributed by atoms with E-state index in [0.717, 1.165) is 11.1 Å². The van der Waals surface area contributed by atoms with Gasteiger partial charge in [0.25, 0.3) is 5.91 Å². The van der Waals surface area contributed by atoms with Crippen LogP contribution in [0.3, 0.4) is 0 Å². The maximum atomic E-state index is 11.9. The molecule has 0 aliphatic carbocycles. The van der Waals surface area contributed by atoms with Crippen molar-refractivity contribution in [3.8, 4) is 6.07 Å². The van der Waals surface area contributed by atoms with Crippen molar-refractivity contribution >= 4 is 5.91 Å². The summed E-state index contributed by atoms with van der Waals surface area (Å²) in [5.41, 5.74) is 1.81. The third-order valence-corrected chi connectivity index (χ3v) is 2.55. The SMILES string of the molecule is Cc1cccc(C(=O)NC(C)(C)C#N)c1C. The smallest absolute Gasteiger partial charge is 0.252 e. The zero-order chi connectivity index (χ0) is 12.3. The fraction of sp³-hybridized carbons (Fsp3) is 0.385. The van der Waals surface area contributed by atoms with Crippen LogP contribution < -0.4 is 5.32 Å². The zero-order valence-corrected chi connectivity index (χ0v) is 10.1. The summed E-state index contributed by atoms with van der Waals surface area (Å²) in [6.07, 6.45) is 0. The summed E-state index contributed by atoms with van der Waals surface area (Å²) in [5.74, 6) is -0.201. The molecule has 0 aliphatic rings. The molecule has 16 heavy (non-hydrogen) atoms. The first-order valence-corrected chi connectivity index (χ1v) is 5.17. The van der Waals surface area contributed by atoms with E-state index in [1.807, 2.05) is 32.0 Å². The second kappa shape index (κ2) is 4.36. The summed E-state index contributed by atoms with van der Waals surface area (Å²) in [6, 6.07) is 7.62. The van der Waals surface area contributed by atoms with Crippen LogP contribution in [0, 0.1) is 25.2 Å². The Bertz CT molecular complexity index is 455. The van der Waals surface area contributed by atoms with Crippen molar-refractivity contribution in [1.82, 2.24) is 5.32 Å². The van der Waals surface area contributed by atoms with Crippen LogP contribution in [0.4, 0.5) is 0 Å². The van der Waals surface area contributed by atoms with E-state index in [4.69, 9.17) is 5.26 Å². The van der Waals surface area contributed by atoms with Crippen LogP contribution in [0.2, 0.25) is 0 Å². The number of nitrogens with one attached hydrogen (secondary N) is 1. The summed E-state index contributed by atoms with van der Waals surface area (Å²) >= 11 is 0. The van der Waals surface area contributed by atoms with E-state index in [-0.39, 0.29) is 5.91 Å². The van der Waals surface area contributed by atoms with Gasteiger partial charge in [-0.15, -0.1) is 0 Å². The highest BCUT2D eigenvalue weighted by atomic mass is 16.1. The van der Waals surface area contributed by atoms with Gasteiger partial charge in [-0.1, -0.05) is 12.1 Å². The lowest BCUT2D eigenvalue weighted by atomic mass is 10.0. The molecular weight excluding hydrogens is 200 g/mol. The van der Waals surface area contributed by atoms with E-state index in [0.29, 0.717) is 5.56 Å². The lowest BCUT2D eigenvalue weighted by Crippen LogP contribution is -2.42. The fourth-order valence-electron chi connectivity index (χ4n) is 1.38. The standard InChI is InChI=1S/C13H16N2O/c1-9-6-5-7-11(10(9)2)12(16)15-13(3,4)8-14/h5-7H,1-4H3,(H,15,16). The van der Waals surface area contributed by atoms with E-state index in [9.17, 15) is 4.79 Å². The van der Waals surface area contributed by atoms with Crippen LogP contribution >= 0.6 is 0 Å². The molecule has 84 valence electrons. The lowest BCUT2D eigenvalue weighted by Gasteiger charge is -2.18.